The molecule has 0 atom stereocenters. The Morgan fingerprint density at radius 2 is 1.95 bits per heavy atom. The lowest BCUT2D eigenvalue weighted by atomic mass is 10.1. The van der Waals surface area contributed by atoms with Gasteiger partial charge in [0, 0.05) is 10.8 Å². The Hall–Kier alpha value is -2.68. The molecule has 0 aliphatic rings. The minimum atomic E-state index is 0.491. The van der Waals surface area contributed by atoms with E-state index in [1.165, 1.54) is 0 Å². The molecule has 0 aliphatic heterocycles. The summed E-state index contributed by atoms with van der Waals surface area (Å²) < 4.78 is 5.81. The van der Waals surface area contributed by atoms with Gasteiger partial charge in [0.1, 0.15) is 6.61 Å². The van der Waals surface area contributed by atoms with Crippen LogP contribution in [0.1, 0.15) is 18.1 Å². The van der Waals surface area contributed by atoms with E-state index >= 15 is 0 Å². The SMILES string of the molecule is C/C=C/c1ccc2c(OCc3ccccc3)nncc2c1. The van der Waals surface area contributed by atoms with Crippen LogP contribution in [0.5, 0.6) is 5.88 Å². The van der Waals surface area contributed by atoms with Crippen LogP contribution in [0.25, 0.3) is 16.8 Å². The van der Waals surface area contributed by atoms with Gasteiger partial charge in [0.05, 0.1) is 6.20 Å². The molecule has 0 fully saturated rings. The number of ether oxygens (including phenoxy) is 1. The Balaban J connectivity index is 1.88. The van der Waals surface area contributed by atoms with Gasteiger partial charge in [0.25, 0.3) is 0 Å². The van der Waals surface area contributed by atoms with Crippen LogP contribution in [0.2, 0.25) is 0 Å². The highest BCUT2D eigenvalue weighted by Crippen LogP contribution is 2.24. The van der Waals surface area contributed by atoms with Crippen LogP contribution in [-0.2, 0) is 6.61 Å². The van der Waals surface area contributed by atoms with Crippen molar-refractivity contribution in [3.63, 3.8) is 0 Å². The fourth-order valence-corrected chi connectivity index (χ4v) is 2.21. The maximum atomic E-state index is 5.81. The van der Waals surface area contributed by atoms with E-state index in [2.05, 4.69) is 28.4 Å². The van der Waals surface area contributed by atoms with Gasteiger partial charge in [-0.3, -0.25) is 0 Å². The molecule has 0 aliphatic carbocycles. The van der Waals surface area contributed by atoms with Crippen molar-refractivity contribution in [2.75, 3.05) is 0 Å². The molecule has 1 heterocycles. The molecule has 3 nitrogen and oxygen atoms in total. The van der Waals surface area contributed by atoms with E-state index in [1.54, 1.807) is 6.20 Å². The summed E-state index contributed by atoms with van der Waals surface area (Å²) in [5.41, 5.74) is 2.26. The van der Waals surface area contributed by atoms with Gasteiger partial charge in [0.15, 0.2) is 0 Å². The molecular weight excluding hydrogens is 260 g/mol. The van der Waals surface area contributed by atoms with Gasteiger partial charge in [-0.2, -0.15) is 5.10 Å². The summed E-state index contributed by atoms with van der Waals surface area (Å²) >= 11 is 0. The first kappa shape index (κ1) is 13.3. The van der Waals surface area contributed by atoms with E-state index in [4.69, 9.17) is 4.74 Å². The maximum Gasteiger partial charge on any atom is 0.241 e. The predicted octanol–water partition coefficient (Wildman–Crippen LogP) is 4.24. The monoisotopic (exact) mass is 276 g/mol. The number of aromatic nitrogens is 2. The van der Waals surface area contributed by atoms with E-state index < -0.39 is 0 Å². The second-order valence-corrected chi connectivity index (χ2v) is 4.77. The minimum Gasteiger partial charge on any atom is -0.471 e. The quantitative estimate of drug-likeness (QED) is 0.714. The van der Waals surface area contributed by atoms with Gasteiger partial charge in [-0.1, -0.05) is 48.6 Å². The third kappa shape index (κ3) is 3.08. The van der Waals surface area contributed by atoms with Crippen molar-refractivity contribution < 1.29 is 4.74 Å². The molecule has 3 heteroatoms. The van der Waals surface area contributed by atoms with Gasteiger partial charge in [-0.15, -0.1) is 5.10 Å². The smallest absolute Gasteiger partial charge is 0.241 e. The van der Waals surface area contributed by atoms with E-state index in [9.17, 15) is 0 Å². The summed E-state index contributed by atoms with van der Waals surface area (Å²) in [6.45, 7) is 2.49. The van der Waals surface area contributed by atoms with Crippen LogP contribution in [0, 0.1) is 0 Å². The standard InChI is InChI=1S/C18H16N2O/c1-2-6-14-9-10-17-16(11-14)12-19-20-18(17)21-13-15-7-4-3-5-8-15/h2-12H,13H2,1H3/b6-2+. The van der Waals surface area contributed by atoms with E-state index in [0.29, 0.717) is 12.5 Å². The normalized spacial score (nSPS) is 11.1. The molecule has 0 spiro atoms. The predicted molar refractivity (Wildman–Crippen MR) is 85.0 cm³/mol. The highest BCUT2D eigenvalue weighted by molar-refractivity contribution is 5.87. The molecule has 0 saturated heterocycles. The Labute approximate surface area is 123 Å². The van der Waals surface area contributed by atoms with E-state index in [-0.39, 0.29) is 0 Å². The zero-order chi connectivity index (χ0) is 14.5. The fraction of sp³-hybridized carbons (Fsp3) is 0.111. The summed E-state index contributed by atoms with van der Waals surface area (Å²) in [6, 6.07) is 16.2. The number of hydrogen-bond acceptors (Lipinski definition) is 3. The maximum absolute atomic E-state index is 5.81. The number of fused-ring (bicyclic) bond motifs is 1. The first-order valence-corrected chi connectivity index (χ1v) is 6.91. The molecule has 2 aromatic carbocycles. The van der Waals surface area contributed by atoms with Gasteiger partial charge < -0.3 is 4.74 Å². The molecular formula is C18H16N2O. The molecule has 0 N–H and O–H groups in total. The van der Waals surface area contributed by atoms with Crippen LogP contribution in [-0.4, -0.2) is 10.2 Å². The summed E-state index contributed by atoms with van der Waals surface area (Å²) in [4.78, 5) is 0. The Bertz CT molecular complexity index is 767. The molecule has 3 rings (SSSR count). The number of nitrogens with zero attached hydrogens (tertiary/aromatic N) is 2. The van der Waals surface area contributed by atoms with Crippen LogP contribution in [0.3, 0.4) is 0 Å². The molecule has 0 bridgehead atoms. The Morgan fingerprint density at radius 3 is 2.76 bits per heavy atom. The lowest BCUT2D eigenvalue weighted by Gasteiger charge is -2.08. The molecule has 21 heavy (non-hydrogen) atoms. The highest BCUT2D eigenvalue weighted by atomic mass is 16.5. The highest BCUT2D eigenvalue weighted by Gasteiger charge is 2.05. The molecule has 1 aromatic heterocycles. The van der Waals surface area contributed by atoms with Gasteiger partial charge in [-0.05, 0) is 30.2 Å². The van der Waals surface area contributed by atoms with Crippen LogP contribution in [0.15, 0.2) is 60.8 Å². The number of rotatable bonds is 4. The Kier molecular flexibility index (Phi) is 3.92. The van der Waals surface area contributed by atoms with E-state index in [0.717, 1.165) is 21.9 Å². The summed E-state index contributed by atoms with van der Waals surface area (Å²) in [5, 5.41) is 10.1. The van der Waals surface area contributed by atoms with Crippen molar-refractivity contribution in [2.45, 2.75) is 13.5 Å². The van der Waals surface area contributed by atoms with Crippen molar-refractivity contribution in [1.29, 1.82) is 0 Å². The van der Waals surface area contributed by atoms with E-state index in [1.807, 2.05) is 49.4 Å². The van der Waals surface area contributed by atoms with Crippen molar-refractivity contribution >= 4 is 16.8 Å². The van der Waals surface area contributed by atoms with Crippen LogP contribution < -0.4 is 4.74 Å². The second-order valence-electron chi connectivity index (χ2n) is 4.77. The molecule has 0 unspecified atom stereocenters. The van der Waals surface area contributed by atoms with Crippen molar-refractivity contribution in [3.05, 3.63) is 71.9 Å². The summed E-state index contributed by atoms with van der Waals surface area (Å²) in [6.07, 6.45) is 5.84. The summed E-state index contributed by atoms with van der Waals surface area (Å²) in [5.74, 6) is 0.573. The zero-order valence-electron chi connectivity index (χ0n) is 11.9. The van der Waals surface area contributed by atoms with Crippen molar-refractivity contribution in [3.8, 4) is 5.88 Å². The molecule has 0 radical (unpaired) electrons. The minimum absolute atomic E-state index is 0.491. The number of hydrogen-bond donors (Lipinski definition) is 0. The lowest BCUT2D eigenvalue weighted by Crippen LogP contribution is -1.99. The lowest BCUT2D eigenvalue weighted by molar-refractivity contribution is 0.294. The molecule has 104 valence electrons. The van der Waals surface area contributed by atoms with Crippen LogP contribution >= 0.6 is 0 Å². The second kappa shape index (κ2) is 6.18. The van der Waals surface area contributed by atoms with Gasteiger partial charge in [0.2, 0.25) is 5.88 Å². The third-order valence-electron chi connectivity index (χ3n) is 3.23. The first-order chi connectivity index (χ1) is 10.4. The number of allylic oxidation sites excluding steroid dienone is 1. The summed E-state index contributed by atoms with van der Waals surface area (Å²) in [7, 11) is 0. The fourth-order valence-electron chi connectivity index (χ4n) is 2.21. The topological polar surface area (TPSA) is 35.0 Å². The van der Waals surface area contributed by atoms with Crippen molar-refractivity contribution in [1.82, 2.24) is 10.2 Å². The average Bonchev–Trinajstić information content (AvgIpc) is 2.54. The van der Waals surface area contributed by atoms with Crippen molar-refractivity contribution in [2.24, 2.45) is 0 Å². The van der Waals surface area contributed by atoms with Gasteiger partial charge in [-0.25, -0.2) is 0 Å². The Morgan fingerprint density at radius 1 is 1.10 bits per heavy atom. The third-order valence-corrected chi connectivity index (χ3v) is 3.23. The molecule has 0 amide bonds. The largest absolute Gasteiger partial charge is 0.471 e. The zero-order valence-corrected chi connectivity index (χ0v) is 11.9. The molecule has 0 saturated carbocycles. The molecule has 3 aromatic rings. The average molecular weight is 276 g/mol. The van der Waals surface area contributed by atoms with Gasteiger partial charge >= 0.3 is 0 Å². The number of benzene rings is 2. The van der Waals surface area contributed by atoms with Crippen LogP contribution in [0.4, 0.5) is 0 Å². The first-order valence-electron chi connectivity index (χ1n) is 6.91.